The first-order chi connectivity index (χ1) is 10.0. The summed E-state index contributed by atoms with van der Waals surface area (Å²) in [6.07, 6.45) is 0. The van der Waals surface area contributed by atoms with Gasteiger partial charge in [-0.15, -0.1) is 0 Å². The van der Waals surface area contributed by atoms with E-state index in [1.165, 1.54) is 4.90 Å². The summed E-state index contributed by atoms with van der Waals surface area (Å²) in [5, 5.41) is 12.6. The van der Waals surface area contributed by atoms with E-state index >= 15 is 0 Å². The second-order valence-corrected chi connectivity index (χ2v) is 5.27. The Bertz CT molecular complexity index is 520. The van der Waals surface area contributed by atoms with E-state index in [-0.39, 0.29) is 18.6 Å². The first-order valence-corrected chi connectivity index (χ1v) is 6.94. The number of carbonyl (C=O) groups excluding carboxylic acids is 1. The van der Waals surface area contributed by atoms with Crippen LogP contribution in [0, 0.1) is 5.92 Å². The second-order valence-electron chi connectivity index (χ2n) is 4.83. The van der Waals surface area contributed by atoms with Crippen molar-refractivity contribution in [1.82, 2.24) is 5.32 Å². The molecule has 0 aliphatic carbocycles. The predicted octanol–water partition coefficient (Wildman–Crippen LogP) is 0.992. The maximum Gasteiger partial charge on any atom is 0.323 e. The van der Waals surface area contributed by atoms with Crippen LogP contribution in [0.1, 0.15) is 0 Å². The normalized spacial score (nSPS) is 21.2. The van der Waals surface area contributed by atoms with E-state index in [4.69, 9.17) is 21.4 Å². The molecule has 6 nitrogen and oxygen atoms in total. The molecule has 21 heavy (non-hydrogen) atoms. The SMILES string of the molecule is CNC1COCC1C(=O)N(CC(=O)O)c1ccc(Cl)cc1. The summed E-state index contributed by atoms with van der Waals surface area (Å²) in [5.74, 6) is -1.74. The van der Waals surface area contributed by atoms with Crippen LogP contribution < -0.4 is 10.2 Å². The number of likely N-dealkylation sites (N-methyl/N-ethyl adjacent to an activating group) is 1. The predicted molar refractivity (Wildman–Crippen MR) is 78.6 cm³/mol. The fourth-order valence-corrected chi connectivity index (χ4v) is 2.46. The van der Waals surface area contributed by atoms with E-state index in [0.717, 1.165) is 0 Å². The van der Waals surface area contributed by atoms with Gasteiger partial charge >= 0.3 is 5.97 Å². The number of hydrogen-bond donors (Lipinski definition) is 2. The molecule has 1 heterocycles. The van der Waals surface area contributed by atoms with Crippen molar-refractivity contribution in [3.63, 3.8) is 0 Å². The molecule has 114 valence electrons. The molecule has 0 bridgehead atoms. The number of nitrogens with one attached hydrogen (secondary N) is 1. The van der Waals surface area contributed by atoms with Crippen LogP contribution in [0.25, 0.3) is 0 Å². The number of nitrogens with zero attached hydrogens (tertiary/aromatic N) is 1. The lowest BCUT2D eigenvalue weighted by atomic mass is 10.0. The zero-order valence-corrected chi connectivity index (χ0v) is 12.3. The number of ether oxygens (including phenoxy) is 1. The van der Waals surface area contributed by atoms with Gasteiger partial charge < -0.3 is 20.1 Å². The van der Waals surface area contributed by atoms with Crippen molar-refractivity contribution in [2.24, 2.45) is 5.92 Å². The molecule has 1 aliphatic heterocycles. The van der Waals surface area contributed by atoms with Gasteiger partial charge in [-0.05, 0) is 31.3 Å². The minimum Gasteiger partial charge on any atom is -0.480 e. The maximum atomic E-state index is 12.6. The molecule has 1 fully saturated rings. The summed E-state index contributed by atoms with van der Waals surface area (Å²) in [6.45, 7) is 0.329. The number of anilines is 1. The summed E-state index contributed by atoms with van der Waals surface area (Å²) in [6, 6.07) is 6.40. The van der Waals surface area contributed by atoms with Gasteiger partial charge in [0.1, 0.15) is 6.54 Å². The lowest BCUT2D eigenvalue weighted by Gasteiger charge is -2.26. The first-order valence-electron chi connectivity index (χ1n) is 6.56. The van der Waals surface area contributed by atoms with E-state index in [1.54, 1.807) is 31.3 Å². The quantitative estimate of drug-likeness (QED) is 0.848. The van der Waals surface area contributed by atoms with E-state index in [1.807, 2.05) is 0 Å². The zero-order chi connectivity index (χ0) is 15.4. The van der Waals surface area contributed by atoms with Crippen molar-refractivity contribution in [2.45, 2.75) is 6.04 Å². The van der Waals surface area contributed by atoms with Crippen LogP contribution in [0.5, 0.6) is 0 Å². The fourth-order valence-electron chi connectivity index (χ4n) is 2.34. The van der Waals surface area contributed by atoms with Crippen molar-refractivity contribution < 1.29 is 19.4 Å². The van der Waals surface area contributed by atoms with Gasteiger partial charge in [0, 0.05) is 16.8 Å². The van der Waals surface area contributed by atoms with Crippen molar-refractivity contribution in [3.05, 3.63) is 29.3 Å². The van der Waals surface area contributed by atoms with Crippen molar-refractivity contribution in [1.29, 1.82) is 0 Å². The fraction of sp³-hybridized carbons (Fsp3) is 0.429. The molecule has 1 saturated heterocycles. The number of aliphatic carboxylic acids is 1. The van der Waals surface area contributed by atoms with E-state index in [9.17, 15) is 9.59 Å². The number of amides is 1. The monoisotopic (exact) mass is 312 g/mol. The smallest absolute Gasteiger partial charge is 0.323 e. The molecule has 1 aliphatic rings. The molecule has 0 radical (unpaired) electrons. The minimum absolute atomic E-state index is 0.110. The summed E-state index contributed by atoms with van der Waals surface area (Å²) < 4.78 is 5.31. The molecule has 1 aromatic carbocycles. The number of halogens is 1. The van der Waals surface area contributed by atoms with Gasteiger partial charge in [-0.3, -0.25) is 9.59 Å². The summed E-state index contributed by atoms with van der Waals surface area (Å²) in [4.78, 5) is 25.0. The molecule has 2 atom stereocenters. The average Bonchev–Trinajstić information content (AvgIpc) is 2.93. The maximum absolute atomic E-state index is 12.6. The molecular formula is C14H17ClN2O4. The lowest BCUT2D eigenvalue weighted by Crippen LogP contribution is -2.46. The minimum atomic E-state index is -1.07. The molecular weight excluding hydrogens is 296 g/mol. The third kappa shape index (κ3) is 3.72. The highest BCUT2D eigenvalue weighted by Gasteiger charge is 2.36. The van der Waals surface area contributed by atoms with Crippen LogP contribution in [-0.4, -0.2) is 49.8 Å². The van der Waals surface area contributed by atoms with Crippen molar-refractivity contribution in [2.75, 3.05) is 31.7 Å². The highest BCUT2D eigenvalue weighted by atomic mass is 35.5. The number of carboxylic acids is 1. The molecule has 0 spiro atoms. The van der Waals surface area contributed by atoms with Gasteiger partial charge in [0.15, 0.2) is 0 Å². The molecule has 0 saturated carbocycles. The van der Waals surface area contributed by atoms with Gasteiger partial charge in [0.2, 0.25) is 5.91 Å². The Labute approximate surface area is 127 Å². The number of benzene rings is 1. The van der Waals surface area contributed by atoms with Crippen LogP contribution in [0.4, 0.5) is 5.69 Å². The molecule has 1 amide bonds. The van der Waals surface area contributed by atoms with Gasteiger partial charge in [-0.2, -0.15) is 0 Å². The van der Waals surface area contributed by atoms with E-state index in [0.29, 0.717) is 17.3 Å². The molecule has 0 aromatic heterocycles. The Hall–Kier alpha value is -1.63. The second kappa shape index (κ2) is 6.89. The van der Waals surface area contributed by atoms with Crippen molar-refractivity contribution in [3.8, 4) is 0 Å². The Kier molecular flexibility index (Phi) is 5.17. The Morgan fingerprint density at radius 2 is 2.05 bits per heavy atom. The van der Waals surface area contributed by atoms with E-state index in [2.05, 4.69) is 5.32 Å². The number of rotatable bonds is 5. The first kappa shape index (κ1) is 15.8. The number of carbonyl (C=O) groups is 2. The van der Waals surface area contributed by atoms with Gasteiger partial charge in [-0.1, -0.05) is 11.6 Å². The van der Waals surface area contributed by atoms with Gasteiger partial charge in [0.05, 0.1) is 19.1 Å². The average molecular weight is 313 g/mol. The zero-order valence-electron chi connectivity index (χ0n) is 11.6. The number of hydrogen-bond acceptors (Lipinski definition) is 4. The van der Waals surface area contributed by atoms with E-state index < -0.39 is 18.4 Å². The summed E-state index contributed by atoms with van der Waals surface area (Å²) >= 11 is 5.82. The van der Waals surface area contributed by atoms with Gasteiger partial charge in [-0.25, -0.2) is 0 Å². The summed E-state index contributed by atoms with van der Waals surface area (Å²) in [5.41, 5.74) is 0.508. The Balaban J connectivity index is 2.24. The molecule has 2 unspecified atom stereocenters. The highest BCUT2D eigenvalue weighted by Crippen LogP contribution is 2.23. The molecule has 2 N–H and O–H groups in total. The third-order valence-electron chi connectivity index (χ3n) is 3.47. The van der Waals surface area contributed by atoms with Crippen LogP contribution >= 0.6 is 11.6 Å². The van der Waals surface area contributed by atoms with Crippen molar-refractivity contribution >= 4 is 29.2 Å². The largest absolute Gasteiger partial charge is 0.480 e. The molecule has 1 aromatic rings. The lowest BCUT2D eigenvalue weighted by molar-refractivity contribution is -0.137. The standard InChI is InChI=1S/C14H17ClN2O4/c1-16-12-8-21-7-11(12)14(20)17(6-13(18)19)10-4-2-9(15)3-5-10/h2-5,11-12,16H,6-8H2,1H3,(H,18,19). The third-order valence-corrected chi connectivity index (χ3v) is 3.72. The van der Waals surface area contributed by atoms with Gasteiger partial charge in [0.25, 0.3) is 0 Å². The number of carboxylic acid groups (broad SMARTS) is 1. The Morgan fingerprint density at radius 3 is 2.62 bits per heavy atom. The Morgan fingerprint density at radius 1 is 1.38 bits per heavy atom. The van der Waals surface area contributed by atoms with Crippen LogP contribution in [-0.2, 0) is 14.3 Å². The van der Waals surface area contributed by atoms with Crippen LogP contribution in [0.3, 0.4) is 0 Å². The van der Waals surface area contributed by atoms with Crippen LogP contribution in [0.2, 0.25) is 5.02 Å². The van der Waals surface area contributed by atoms with Crippen LogP contribution in [0.15, 0.2) is 24.3 Å². The summed E-state index contributed by atoms with van der Waals surface area (Å²) in [7, 11) is 1.75. The topological polar surface area (TPSA) is 78.9 Å². The molecule has 7 heteroatoms. The highest BCUT2D eigenvalue weighted by molar-refractivity contribution is 6.30. The molecule has 2 rings (SSSR count).